The molecule has 2 amide bonds. The van der Waals surface area contributed by atoms with Crippen molar-refractivity contribution in [2.45, 2.75) is 18.6 Å². The van der Waals surface area contributed by atoms with E-state index in [0.717, 1.165) is 5.56 Å². The SMILES string of the molecule is O=C(c1ccc(OC(F)F)cc1)N1CCN2C(=O)OCC2(Cc2ccccc2)C1. The molecule has 1 atom stereocenters. The van der Waals surface area contributed by atoms with Crippen molar-refractivity contribution < 1.29 is 27.8 Å². The molecule has 6 nitrogen and oxygen atoms in total. The minimum absolute atomic E-state index is 0.00305. The number of carbonyl (C=O) groups is 2. The second-order valence-electron chi connectivity index (χ2n) is 7.22. The van der Waals surface area contributed by atoms with E-state index in [1.54, 1.807) is 9.80 Å². The number of fused-ring (bicyclic) bond motifs is 1. The Bertz CT molecular complexity index is 891. The number of nitrogens with zero attached hydrogens (tertiary/aromatic N) is 2. The third kappa shape index (κ3) is 3.87. The topological polar surface area (TPSA) is 59.1 Å². The highest BCUT2D eigenvalue weighted by Crippen LogP contribution is 2.33. The lowest BCUT2D eigenvalue weighted by Gasteiger charge is -2.44. The van der Waals surface area contributed by atoms with Gasteiger partial charge < -0.3 is 14.4 Å². The lowest BCUT2D eigenvalue weighted by atomic mass is 9.88. The summed E-state index contributed by atoms with van der Waals surface area (Å²) < 4.78 is 34.3. The van der Waals surface area contributed by atoms with E-state index in [0.29, 0.717) is 31.6 Å². The number of amides is 2. The van der Waals surface area contributed by atoms with Crippen LogP contribution in [0.15, 0.2) is 54.6 Å². The van der Waals surface area contributed by atoms with Crippen LogP contribution >= 0.6 is 0 Å². The van der Waals surface area contributed by atoms with Crippen LogP contribution < -0.4 is 4.74 Å². The van der Waals surface area contributed by atoms with Crippen LogP contribution in [0.2, 0.25) is 0 Å². The number of piperazine rings is 1. The number of carbonyl (C=O) groups excluding carboxylic acids is 2. The average molecular weight is 402 g/mol. The van der Waals surface area contributed by atoms with Gasteiger partial charge >= 0.3 is 12.7 Å². The molecule has 0 radical (unpaired) electrons. The van der Waals surface area contributed by atoms with E-state index >= 15 is 0 Å². The fourth-order valence-electron chi connectivity index (χ4n) is 3.97. The van der Waals surface area contributed by atoms with E-state index in [1.165, 1.54) is 24.3 Å². The second-order valence-corrected chi connectivity index (χ2v) is 7.22. The molecule has 0 aliphatic carbocycles. The Balaban J connectivity index is 1.53. The van der Waals surface area contributed by atoms with Gasteiger partial charge in [0, 0.05) is 31.6 Å². The van der Waals surface area contributed by atoms with Gasteiger partial charge in [-0.1, -0.05) is 30.3 Å². The molecular weight excluding hydrogens is 382 g/mol. The highest BCUT2D eigenvalue weighted by Gasteiger charge is 2.51. The van der Waals surface area contributed by atoms with E-state index in [9.17, 15) is 18.4 Å². The zero-order valence-corrected chi connectivity index (χ0v) is 15.6. The Kier molecular flexibility index (Phi) is 5.08. The maximum Gasteiger partial charge on any atom is 0.410 e. The summed E-state index contributed by atoms with van der Waals surface area (Å²) in [5.41, 5.74) is 0.809. The van der Waals surface area contributed by atoms with Crippen LogP contribution in [0.4, 0.5) is 13.6 Å². The summed E-state index contributed by atoms with van der Waals surface area (Å²) in [6.45, 7) is -1.61. The molecule has 4 rings (SSSR count). The fourth-order valence-corrected chi connectivity index (χ4v) is 3.97. The fraction of sp³-hybridized carbons (Fsp3) is 0.333. The molecule has 2 saturated heterocycles. The monoisotopic (exact) mass is 402 g/mol. The Morgan fingerprint density at radius 2 is 1.83 bits per heavy atom. The maximum absolute atomic E-state index is 13.0. The van der Waals surface area contributed by atoms with Gasteiger partial charge in [0.15, 0.2) is 0 Å². The smallest absolute Gasteiger partial charge is 0.410 e. The van der Waals surface area contributed by atoms with Crippen molar-refractivity contribution in [1.82, 2.24) is 9.80 Å². The van der Waals surface area contributed by atoms with Crippen molar-refractivity contribution in [3.8, 4) is 5.75 Å². The predicted octanol–water partition coefficient (Wildman–Crippen LogP) is 3.18. The molecule has 2 aliphatic heterocycles. The molecule has 2 aromatic rings. The highest BCUT2D eigenvalue weighted by atomic mass is 19.3. The summed E-state index contributed by atoms with van der Waals surface area (Å²) >= 11 is 0. The summed E-state index contributed by atoms with van der Waals surface area (Å²) in [6.07, 6.45) is 0.214. The average Bonchev–Trinajstić information content (AvgIpc) is 3.04. The normalized spacial score (nSPS) is 21.1. The van der Waals surface area contributed by atoms with Gasteiger partial charge in [-0.15, -0.1) is 0 Å². The summed E-state index contributed by atoms with van der Waals surface area (Å²) in [7, 11) is 0. The Labute approximate surface area is 166 Å². The number of cyclic esters (lactones) is 1. The zero-order valence-electron chi connectivity index (χ0n) is 15.6. The van der Waals surface area contributed by atoms with E-state index in [1.807, 2.05) is 30.3 Å². The molecule has 0 saturated carbocycles. The van der Waals surface area contributed by atoms with E-state index in [4.69, 9.17) is 4.74 Å². The van der Waals surface area contributed by atoms with Gasteiger partial charge in [-0.05, 0) is 29.8 Å². The molecule has 0 aromatic heterocycles. The lowest BCUT2D eigenvalue weighted by Crippen LogP contribution is -2.63. The van der Waals surface area contributed by atoms with Crippen LogP contribution in [0.5, 0.6) is 5.75 Å². The minimum atomic E-state index is -2.91. The van der Waals surface area contributed by atoms with Crippen LogP contribution in [0.1, 0.15) is 15.9 Å². The Morgan fingerprint density at radius 3 is 2.52 bits per heavy atom. The number of hydrogen-bond donors (Lipinski definition) is 0. The van der Waals surface area contributed by atoms with E-state index in [-0.39, 0.29) is 24.4 Å². The van der Waals surface area contributed by atoms with Crippen molar-refractivity contribution in [1.29, 1.82) is 0 Å². The molecule has 2 aliphatic rings. The first-order valence-electron chi connectivity index (χ1n) is 9.29. The molecule has 2 heterocycles. The molecule has 0 spiro atoms. The summed E-state index contributed by atoms with van der Waals surface area (Å²) in [5.74, 6) is -0.225. The first-order chi connectivity index (χ1) is 14.0. The second kappa shape index (κ2) is 7.69. The van der Waals surface area contributed by atoms with Gasteiger partial charge in [-0.3, -0.25) is 9.69 Å². The summed E-state index contributed by atoms with van der Waals surface area (Å²) in [4.78, 5) is 28.6. The van der Waals surface area contributed by atoms with Crippen molar-refractivity contribution in [2.75, 3.05) is 26.2 Å². The standard InChI is InChI=1S/C21H20F2N2O4/c22-19(23)29-17-8-6-16(7-9-17)18(26)24-10-11-25-20(27)28-14-21(25,13-24)12-15-4-2-1-3-5-15/h1-9,19H,10-14H2. The first kappa shape index (κ1) is 19.2. The van der Waals surface area contributed by atoms with Crippen molar-refractivity contribution >= 4 is 12.0 Å². The van der Waals surface area contributed by atoms with Crippen LogP contribution in [0, 0.1) is 0 Å². The molecule has 0 bridgehead atoms. The van der Waals surface area contributed by atoms with Crippen LogP contribution in [0.25, 0.3) is 0 Å². The maximum atomic E-state index is 13.0. The van der Waals surface area contributed by atoms with Gasteiger partial charge in [0.2, 0.25) is 0 Å². The molecule has 2 fully saturated rings. The third-order valence-electron chi connectivity index (χ3n) is 5.33. The van der Waals surface area contributed by atoms with Gasteiger partial charge in [0.05, 0.1) is 0 Å². The van der Waals surface area contributed by atoms with Crippen LogP contribution in [0.3, 0.4) is 0 Å². The molecular formula is C21H20F2N2O4. The number of benzene rings is 2. The Morgan fingerprint density at radius 1 is 1.10 bits per heavy atom. The summed E-state index contributed by atoms with van der Waals surface area (Å²) in [5, 5.41) is 0. The van der Waals surface area contributed by atoms with Crippen molar-refractivity contribution in [2.24, 2.45) is 0 Å². The van der Waals surface area contributed by atoms with Gasteiger partial charge in [0.25, 0.3) is 5.91 Å². The van der Waals surface area contributed by atoms with Gasteiger partial charge in [-0.2, -0.15) is 8.78 Å². The molecule has 8 heteroatoms. The minimum Gasteiger partial charge on any atom is -0.447 e. The van der Waals surface area contributed by atoms with Gasteiger partial charge in [-0.25, -0.2) is 4.79 Å². The highest BCUT2D eigenvalue weighted by molar-refractivity contribution is 5.94. The molecule has 152 valence electrons. The number of halogens is 2. The summed E-state index contributed by atoms with van der Waals surface area (Å²) in [6, 6.07) is 15.4. The van der Waals surface area contributed by atoms with E-state index in [2.05, 4.69) is 4.74 Å². The molecule has 0 N–H and O–H groups in total. The van der Waals surface area contributed by atoms with Gasteiger partial charge in [0.1, 0.15) is 17.9 Å². The third-order valence-corrected chi connectivity index (χ3v) is 5.33. The van der Waals surface area contributed by atoms with Crippen molar-refractivity contribution in [3.05, 3.63) is 65.7 Å². The quantitative estimate of drug-likeness (QED) is 0.771. The lowest BCUT2D eigenvalue weighted by molar-refractivity contribution is -0.0498. The molecule has 2 aromatic carbocycles. The number of ether oxygens (including phenoxy) is 2. The largest absolute Gasteiger partial charge is 0.447 e. The predicted molar refractivity (Wildman–Crippen MR) is 99.9 cm³/mol. The van der Waals surface area contributed by atoms with Crippen LogP contribution in [-0.2, 0) is 11.2 Å². The molecule has 1 unspecified atom stereocenters. The van der Waals surface area contributed by atoms with Crippen LogP contribution in [-0.4, -0.2) is 60.2 Å². The number of hydrogen-bond acceptors (Lipinski definition) is 4. The van der Waals surface area contributed by atoms with Crippen molar-refractivity contribution in [3.63, 3.8) is 0 Å². The number of rotatable bonds is 5. The zero-order chi connectivity index (χ0) is 20.4. The Hall–Kier alpha value is -3.16. The first-order valence-corrected chi connectivity index (χ1v) is 9.29. The molecule has 29 heavy (non-hydrogen) atoms. The number of alkyl halides is 2. The van der Waals surface area contributed by atoms with E-state index < -0.39 is 12.2 Å².